The van der Waals surface area contributed by atoms with Crippen molar-refractivity contribution in [3.63, 3.8) is 0 Å². The van der Waals surface area contributed by atoms with E-state index in [4.69, 9.17) is 4.42 Å². The second-order valence-electron chi connectivity index (χ2n) is 7.37. The number of nitrogens with one attached hydrogen (secondary N) is 2. The maximum absolute atomic E-state index is 13.6. The Bertz CT molecular complexity index is 1310. The summed E-state index contributed by atoms with van der Waals surface area (Å²) in [6.45, 7) is 3.06. The number of amides is 2. The minimum atomic E-state index is -6.64. The third kappa shape index (κ3) is 4.84. The summed E-state index contributed by atoms with van der Waals surface area (Å²) in [7, 11) is 0. The summed E-state index contributed by atoms with van der Waals surface area (Å²) >= 11 is 0. The highest BCUT2D eigenvalue weighted by atomic mass is 19.4. The second kappa shape index (κ2) is 9.04. The molecule has 0 spiro atoms. The van der Waals surface area contributed by atoms with Gasteiger partial charge in [-0.1, -0.05) is 30.3 Å². The first kappa shape index (κ1) is 25.7. The Morgan fingerprint density at radius 1 is 0.943 bits per heavy atom. The number of carbonyl (C=O) groups excluding carboxylic acids is 2. The van der Waals surface area contributed by atoms with Crippen LogP contribution >= 0.6 is 0 Å². The number of hydrogen-bond donors (Lipinski definition) is 2. The van der Waals surface area contributed by atoms with Crippen molar-refractivity contribution in [1.29, 1.82) is 0 Å². The largest absolute Gasteiger partial charge is 0.460 e. The monoisotopic (exact) mass is 503 g/mol. The van der Waals surface area contributed by atoms with Crippen molar-refractivity contribution in [1.82, 2.24) is 5.43 Å². The summed E-state index contributed by atoms with van der Waals surface area (Å²) in [6, 6.07) is 11.5. The first-order valence-electron chi connectivity index (χ1n) is 9.74. The van der Waals surface area contributed by atoms with E-state index in [9.17, 15) is 40.3 Å². The molecule has 3 aromatic rings. The van der Waals surface area contributed by atoms with Crippen molar-refractivity contribution in [2.24, 2.45) is 5.10 Å². The Labute approximate surface area is 192 Å². The number of rotatable bonds is 6. The van der Waals surface area contributed by atoms with E-state index in [-0.39, 0.29) is 17.0 Å². The van der Waals surface area contributed by atoms with Crippen molar-refractivity contribution in [2.75, 3.05) is 5.32 Å². The van der Waals surface area contributed by atoms with Gasteiger partial charge < -0.3 is 9.73 Å². The molecule has 0 radical (unpaired) electrons. The number of hydrazone groups is 1. The van der Waals surface area contributed by atoms with Crippen LogP contribution in [0.4, 0.5) is 36.4 Å². The van der Waals surface area contributed by atoms with Crippen molar-refractivity contribution < 1.29 is 44.7 Å². The molecule has 1 aromatic heterocycles. The molecule has 186 valence electrons. The van der Waals surface area contributed by atoms with Gasteiger partial charge in [0, 0.05) is 16.6 Å². The molecule has 35 heavy (non-hydrogen) atoms. The predicted octanol–water partition coefficient (Wildman–Crippen LogP) is 5.67. The molecule has 2 N–H and O–H groups in total. The lowest BCUT2D eigenvalue weighted by Gasteiger charge is -2.27. The van der Waals surface area contributed by atoms with E-state index < -0.39 is 35.5 Å². The van der Waals surface area contributed by atoms with E-state index in [1.54, 1.807) is 31.2 Å². The van der Waals surface area contributed by atoms with Crippen LogP contribution in [-0.2, 0) is 4.79 Å². The van der Waals surface area contributed by atoms with E-state index in [2.05, 4.69) is 10.5 Å². The standard InChI is InChI=1S/C22H16F7N3O3/c1-11-15-8-3-4-9-16(15)35-17(11)18(33)32-31-12(2)13-6-5-7-14(10-13)30-19(34)20(23,24)21(25,26)22(27,28)29/h3-10H,1-2H3,(H,30,34)(H,32,33)/b31-12+. The van der Waals surface area contributed by atoms with Crippen molar-refractivity contribution in [3.8, 4) is 0 Å². The molecule has 1 heterocycles. The number of fused-ring (bicyclic) bond motifs is 1. The van der Waals surface area contributed by atoms with E-state index >= 15 is 0 Å². The summed E-state index contributed by atoms with van der Waals surface area (Å²) < 4.78 is 95.6. The molecular weight excluding hydrogens is 487 g/mol. The summed E-state index contributed by atoms with van der Waals surface area (Å²) in [4.78, 5) is 24.0. The van der Waals surface area contributed by atoms with E-state index in [1.165, 1.54) is 24.4 Å². The average molecular weight is 503 g/mol. The number of nitrogens with zero attached hydrogens (tertiary/aromatic N) is 1. The number of para-hydroxylation sites is 1. The van der Waals surface area contributed by atoms with Gasteiger partial charge >= 0.3 is 29.8 Å². The summed E-state index contributed by atoms with van der Waals surface area (Å²) in [5.41, 5.74) is 3.01. The number of anilines is 1. The fraction of sp³-hybridized carbons (Fsp3) is 0.227. The van der Waals surface area contributed by atoms with Crippen LogP contribution in [0.25, 0.3) is 11.0 Å². The molecular formula is C22H16F7N3O3. The summed E-state index contributed by atoms with van der Waals surface area (Å²) in [5.74, 6) is -16.2. The highest BCUT2D eigenvalue weighted by Gasteiger charge is 2.76. The SMILES string of the molecule is C/C(=N\NC(=O)c1oc2ccccc2c1C)c1cccc(NC(=O)C(F)(F)C(F)(F)C(F)(F)F)c1. The van der Waals surface area contributed by atoms with Crippen LogP contribution in [0.15, 0.2) is 58.0 Å². The summed E-state index contributed by atoms with van der Waals surface area (Å²) in [6.07, 6.45) is -6.64. The number of benzene rings is 2. The van der Waals surface area contributed by atoms with Crippen LogP contribution in [0.1, 0.15) is 28.6 Å². The topological polar surface area (TPSA) is 83.7 Å². The van der Waals surface area contributed by atoms with Gasteiger partial charge in [0.05, 0.1) is 5.71 Å². The van der Waals surface area contributed by atoms with E-state index in [1.807, 2.05) is 0 Å². The maximum Gasteiger partial charge on any atom is 0.460 e. The molecule has 0 bridgehead atoms. The van der Waals surface area contributed by atoms with Gasteiger partial charge in [0.25, 0.3) is 0 Å². The van der Waals surface area contributed by atoms with Gasteiger partial charge in [0.1, 0.15) is 5.58 Å². The zero-order chi connectivity index (χ0) is 26.2. The maximum atomic E-state index is 13.6. The number of furan rings is 1. The first-order valence-corrected chi connectivity index (χ1v) is 9.74. The number of halogens is 7. The van der Waals surface area contributed by atoms with Crippen LogP contribution in [0.3, 0.4) is 0 Å². The molecule has 0 unspecified atom stereocenters. The zero-order valence-electron chi connectivity index (χ0n) is 17.9. The van der Waals surface area contributed by atoms with Crippen molar-refractivity contribution in [3.05, 3.63) is 65.4 Å². The van der Waals surface area contributed by atoms with E-state index in [0.29, 0.717) is 11.1 Å². The molecule has 0 aliphatic rings. The highest BCUT2D eigenvalue weighted by molar-refractivity contribution is 6.03. The fourth-order valence-electron chi connectivity index (χ4n) is 2.99. The molecule has 0 saturated heterocycles. The number of hydrogen-bond acceptors (Lipinski definition) is 4. The number of aryl methyl sites for hydroxylation is 1. The van der Waals surface area contributed by atoms with Crippen LogP contribution in [0.2, 0.25) is 0 Å². The lowest BCUT2D eigenvalue weighted by atomic mass is 10.1. The second-order valence-corrected chi connectivity index (χ2v) is 7.37. The average Bonchev–Trinajstić information content (AvgIpc) is 3.13. The Morgan fingerprint density at radius 2 is 1.60 bits per heavy atom. The van der Waals surface area contributed by atoms with Crippen LogP contribution < -0.4 is 10.7 Å². The Kier molecular flexibility index (Phi) is 6.64. The molecule has 0 saturated carbocycles. The molecule has 0 aliphatic heterocycles. The highest BCUT2D eigenvalue weighted by Crippen LogP contribution is 2.46. The fourth-order valence-corrected chi connectivity index (χ4v) is 2.99. The smallest absolute Gasteiger partial charge is 0.451 e. The summed E-state index contributed by atoms with van der Waals surface area (Å²) in [5, 5.41) is 5.91. The van der Waals surface area contributed by atoms with Crippen LogP contribution in [0.5, 0.6) is 0 Å². The number of carbonyl (C=O) groups is 2. The van der Waals surface area contributed by atoms with Gasteiger partial charge in [-0.05, 0) is 37.6 Å². The normalized spacial score (nSPS) is 13.1. The Hall–Kier alpha value is -3.90. The third-order valence-electron chi connectivity index (χ3n) is 4.95. The molecule has 0 atom stereocenters. The Balaban J connectivity index is 1.76. The molecule has 3 rings (SSSR count). The molecule has 0 fully saturated rings. The third-order valence-corrected chi connectivity index (χ3v) is 4.95. The van der Waals surface area contributed by atoms with Gasteiger partial charge in [0.15, 0.2) is 5.76 Å². The zero-order valence-corrected chi connectivity index (χ0v) is 17.9. The Morgan fingerprint density at radius 3 is 2.23 bits per heavy atom. The van der Waals surface area contributed by atoms with Crippen molar-refractivity contribution >= 4 is 34.2 Å². The van der Waals surface area contributed by atoms with Gasteiger partial charge in [-0.15, -0.1) is 0 Å². The van der Waals surface area contributed by atoms with Gasteiger partial charge in [-0.3, -0.25) is 9.59 Å². The molecule has 2 amide bonds. The lowest BCUT2D eigenvalue weighted by Crippen LogP contribution is -2.57. The van der Waals surface area contributed by atoms with Crippen LogP contribution in [0, 0.1) is 6.92 Å². The molecule has 2 aromatic carbocycles. The number of alkyl halides is 7. The van der Waals surface area contributed by atoms with E-state index in [0.717, 1.165) is 17.5 Å². The minimum absolute atomic E-state index is 0.00316. The minimum Gasteiger partial charge on any atom is -0.451 e. The van der Waals surface area contributed by atoms with Gasteiger partial charge in [-0.25, -0.2) is 5.43 Å². The molecule has 13 heteroatoms. The predicted molar refractivity (Wildman–Crippen MR) is 112 cm³/mol. The quantitative estimate of drug-likeness (QED) is 0.259. The van der Waals surface area contributed by atoms with Crippen molar-refractivity contribution in [2.45, 2.75) is 31.9 Å². The lowest BCUT2D eigenvalue weighted by molar-refractivity contribution is -0.343. The molecule has 6 nitrogen and oxygen atoms in total. The van der Waals surface area contributed by atoms with Crippen LogP contribution in [-0.4, -0.2) is 35.5 Å². The first-order chi connectivity index (χ1) is 16.2. The van der Waals surface area contributed by atoms with Gasteiger partial charge in [-0.2, -0.15) is 35.8 Å². The molecule has 0 aliphatic carbocycles. The van der Waals surface area contributed by atoms with Gasteiger partial charge in [0.2, 0.25) is 0 Å².